The Kier molecular flexibility index (Phi) is 64.6. The minimum atomic E-state index is -4.35. The number of aliphatic hydroxyl groups excluding tert-OH is 1. The van der Waals surface area contributed by atoms with Crippen molar-refractivity contribution in [3.8, 4) is 0 Å². The Labute approximate surface area is 519 Å². The number of carbonyl (C=O) groups is 1. The number of phosphoric acid groups is 1. The molecular weight excluding hydrogens is 1040 g/mol. The summed E-state index contributed by atoms with van der Waals surface area (Å²) in [6.07, 6.45) is 86.4. The van der Waals surface area contributed by atoms with Crippen LogP contribution >= 0.6 is 7.82 Å². The first kappa shape index (κ1) is 82.0. The lowest BCUT2D eigenvalue weighted by molar-refractivity contribution is -0.870. The Morgan fingerprint density at radius 2 is 0.651 bits per heavy atom. The van der Waals surface area contributed by atoms with E-state index in [4.69, 9.17) is 9.05 Å². The molecule has 494 valence electrons. The number of hydrogen-bond donors (Lipinski definition) is 3. The van der Waals surface area contributed by atoms with Crippen LogP contribution in [0.3, 0.4) is 0 Å². The SMILES string of the molecule is CCCCCCCCCC/C=C\CCCCCCCCCCCCCCCCCCCCCCCCCCCC(=O)NC(COP(=O)(O)OCC[N+](C)(C)C)C(O)/C=C/CCCCCCCCCCCCCCCCCCCCCCCC. The van der Waals surface area contributed by atoms with E-state index in [1.165, 1.54) is 340 Å². The number of nitrogens with zero attached hydrogens (tertiary/aromatic N) is 1. The van der Waals surface area contributed by atoms with Crippen molar-refractivity contribution in [1.82, 2.24) is 5.32 Å². The number of quaternary nitrogens is 1. The van der Waals surface area contributed by atoms with Gasteiger partial charge in [0.05, 0.1) is 39.9 Å². The monoisotopic (exact) mass is 1190 g/mol. The number of nitrogens with one attached hydrogen (secondary N) is 1. The van der Waals surface area contributed by atoms with Crippen LogP contribution in [0.4, 0.5) is 0 Å². The van der Waals surface area contributed by atoms with E-state index in [0.717, 1.165) is 32.1 Å². The average molecular weight is 1190 g/mol. The zero-order valence-electron chi connectivity index (χ0n) is 56.7. The van der Waals surface area contributed by atoms with E-state index in [9.17, 15) is 19.4 Å². The molecule has 83 heavy (non-hydrogen) atoms. The van der Waals surface area contributed by atoms with Crippen molar-refractivity contribution >= 4 is 13.7 Å². The maximum Gasteiger partial charge on any atom is 0.472 e. The molecule has 0 radical (unpaired) electrons. The molecule has 0 rings (SSSR count). The van der Waals surface area contributed by atoms with E-state index in [2.05, 4.69) is 31.3 Å². The maximum atomic E-state index is 13.1. The number of unbranched alkanes of at least 4 members (excludes halogenated alkanes) is 55. The standard InChI is InChI=1S/C74H147N2O6P/c1-6-8-10-12-14-16-18-20-22-24-26-28-30-32-33-34-35-36-37-38-39-40-41-42-43-44-46-48-50-52-54-56-58-60-62-64-66-68-74(78)75-72(71-82-83(79,80)81-70-69-76(3,4)5)73(77)67-65-63-61-59-57-55-53-51-49-47-45-31-29-27-25-23-21-19-17-15-13-11-9-7-2/h24,26,65,67,72-73,77H,6-23,25,27-64,66,68-71H2,1-5H3,(H-,75,78,79,80)/p+1/b26-24-,67-65+. The molecular formula is C74H148N2O6P+. The van der Waals surface area contributed by atoms with Gasteiger partial charge in [-0.05, 0) is 44.9 Å². The average Bonchev–Trinajstić information content (AvgIpc) is 3.50. The fourth-order valence-corrected chi connectivity index (χ4v) is 12.4. The van der Waals surface area contributed by atoms with Crippen molar-refractivity contribution < 1.29 is 32.9 Å². The molecule has 1 amide bonds. The van der Waals surface area contributed by atoms with Gasteiger partial charge in [-0.2, -0.15) is 0 Å². The number of hydrogen-bond acceptors (Lipinski definition) is 5. The lowest BCUT2D eigenvalue weighted by atomic mass is 10.0. The molecule has 3 unspecified atom stereocenters. The summed E-state index contributed by atoms with van der Waals surface area (Å²) in [4.78, 5) is 23.4. The second-order valence-electron chi connectivity index (χ2n) is 27.0. The van der Waals surface area contributed by atoms with Gasteiger partial charge in [0.2, 0.25) is 5.91 Å². The normalized spacial score (nSPS) is 13.7. The number of amides is 1. The highest BCUT2D eigenvalue weighted by molar-refractivity contribution is 7.47. The zero-order chi connectivity index (χ0) is 60.5. The van der Waals surface area contributed by atoms with Crippen LogP contribution < -0.4 is 5.32 Å². The van der Waals surface area contributed by atoms with Crippen molar-refractivity contribution in [3.63, 3.8) is 0 Å². The van der Waals surface area contributed by atoms with Crippen molar-refractivity contribution in [2.24, 2.45) is 0 Å². The van der Waals surface area contributed by atoms with Gasteiger partial charge >= 0.3 is 7.82 Å². The van der Waals surface area contributed by atoms with Gasteiger partial charge < -0.3 is 19.8 Å². The van der Waals surface area contributed by atoms with Crippen LogP contribution in [0.5, 0.6) is 0 Å². The van der Waals surface area contributed by atoms with Gasteiger partial charge in [0.15, 0.2) is 0 Å². The Bertz CT molecular complexity index is 1400. The van der Waals surface area contributed by atoms with Gasteiger partial charge in [0.1, 0.15) is 13.2 Å². The topological polar surface area (TPSA) is 105 Å². The maximum absolute atomic E-state index is 13.1. The highest BCUT2D eigenvalue weighted by atomic mass is 31.2. The molecule has 0 aliphatic heterocycles. The number of aliphatic hydroxyl groups is 1. The summed E-state index contributed by atoms with van der Waals surface area (Å²) < 4.78 is 23.8. The molecule has 0 spiro atoms. The van der Waals surface area contributed by atoms with Crippen molar-refractivity contribution in [2.75, 3.05) is 40.9 Å². The van der Waals surface area contributed by atoms with Crippen LogP contribution in [0.1, 0.15) is 393 Å². The van der Waals surface area contributed by atoms with Crippen molar-refractivity contribution in [2.45, 2.75) is 405 Å². The molecule has 0 aromatic heterocycles. The largest absolute Gasteiger partial charge is 0.472 e. The number of likely N-dealkylation sites (N-methyl/N-ethyl adjacent to an activating group) is 1. The highest BCUT2D eigenvalue weighted by Crippen LogP contribution is 2.43. The number of allylic oxidation sites excluding steroid dienone is 3. The molecule has 0 bridgehead atoms. The lowest BCUT2D eigenvalue weighted by Crippen LogP contribution is -2.45. The Balaban J connectivity index is 3.95. The first-order valence-electron chi connectivity index (χ1n) is 37.2. The van der Waals surface area contributed by atoms with Gasteiger partial charge in [-0.1, -0.05) is 366 Å². The van der Waals surface area contributed by atoms with E-state index >= 15 is 0 Å². The Hall–Kier alpha value is -1.02. The van der Waals surface area contributed by atoms with Gasteiger partial charge in [-0.3, -0.25) is 13.8 Å². The van der Waals surface area contributed by atoms with Crippen LogP contribution in [-0.2, 0) is 18.4 Å². The van der Waals surface area contributed by atoms with Crippen LogP contribution in [0, 0.1) is 0 Å². The van der Waals surface area contributed by atoms with E-state index in [1.807, 2.05) is 27.2 Å². The fraction of sp³-hybridized carbons (Fsp3) is 0.932. The Morgan fingerprint density at radius 3 is 0.928 bits per heavy atom. The molecule has 9 heteroatoms. The highest BCUT2D eigenvalue weighted by Gasteiger charge is 2.28. The molecule has 0 aliphatic rings. The molecule has 3 N–H and O–H groups in total. The molecule has 0 aromatic rings. The predicted molar refractivity (Wildman–Crippen MR) is 365 cm³/mol. The van der Waals surface area contributed by atoms with Gasteiger partial charge in [-0.25, -0.2) is 4.57 Å². The molecule has 0 saturated heterocycles. The predicted octanol–water partition coefficient (Wildman–Crippen LogP) is 23.8. The van der Waals surface area contributed by atoms with Crippen LogP contribution in [0.15, 0.2) is 24.3 Å². The minimum absolute atomic E-state index is 0.0648. The molecule has 0 aliphatic carbocycles. The summed E-state index contributed by atoms with van der Waals surface area (Å²) >= 11 is 0. The third kappa shape index (κ3) is 68.3. The van der Waals surface area contributed by atoms with Gasteiger partial charge in [-0.15, -0.1) is 0 Å². The molecule has 0 aromatic carbocycles. The van der Waals surface area contributed by atoms with Crippen molar-refractivity contribution in [1.29, 1.82) is 0 Å². The summed E-state index contributed by atoms with van der Waals surface area (Å²) in [7, 11) is 1.59. The Morgan fingerprint density at radius 1 is 0.398 bits per heavy atom. The van der Waals surface area contributed by atoms with Crippen LogP contribution in [0.2, 0.25) is 0 Å². The summed E-state index contributed by atoms with van der Waals surface area (Å²) in [6.45, 7) is 4.88. The quantitative estimate of drug-likeness (QED) is 0.0243. The van der Waals surface area contributed by atoms with Crippen LogP contribution in [0.25, 0.3) is 0 Å². The molecule has 0 heterocycles. The van der Waals surface area contributed by atoms with E-state index < -0.39 is 20.0 Å². The second kappa shape index (κ2) is 65.4. The second-order valence-corrected chi connectivity index (χ2v) is 28.5. The smallest absolute Gasteiger partial charge is 0.387 e. The number of phosphoric ester groups is 1. The molecule has 0 fully saturated rings. The fourth-order valence-electron chi connectivity index (χ4n) is 11.6. The lowest BCUT2D eigenvalue weighted by Gasteiger charge is -2.25. The third-order valence-corrected chi connectivity index (χ3v) is 18.4. The first-order valence-corrected chi connectivity index (χ1v) is 38.7. The van der Waals surface area contributed by atoms with Crippen LogP contribution in [-0.4, -0.2) is 73.4 Å². The summed E-state index contributed by atoms with van der Waals surface area (Å²) in [6, 6.07) is -0.845. The molecule has 3 atom stereocenters. The van der Waals surface area contributed by atoms with Crippen molar-refractivity contribution in [3.05, 3.63) is 24.3 Å². The summed E-state index contributed by atoms with van der Waals surface area (Å²) in [5.41, 5.74) is 0. The summed E-state index contributed by atoms with van der Waals surface area (Å²) in [5.74, 6) is -0.167. The summed E-state index contributed by atoms with van der Waals surface area (Å²) in [5, 5.41) is 14.0. The third-order valence-electron chi connectivity index (χ3n) is 17.4. The minimum Gasteiger partial charge on any atom is -0.387 e. The van der Waals surface area contributed by atoms with Gasteiger partial charge in [0, 0.05) is 6.42 Å². The van der Waals surface area contributed by atoms with Gasteiger partial charge in [0.25, 0.3) is 0 Å². The number of rotatable bonds is 70. The first-order chi connectivity index (χ1) is 40.5. The zero-order valence-corrected chi connectivity index (χ0v) is 57.6. The van der Waals surface area contributed by atoms with E-state index in [0.29, 0.717) is 17.4 Å². The number of carbonyl (C=O) groups excluding carboxylic acids is 1. The van der Waals surface area contributed by atoms with E-state index in [1.54, 1.807) is 6.08 Å². The molecule has 0 saturated carbocycles. The molecule has 8 nitrogen and oxygen atoms in total. The van der Waals surface area contributed by atoms with E-state index in [-0.39, 0.29) is 19.1 Å².